The summed E-state index contributed by atoms with van der Waals surface area (Å²) in [7, 11) is 0. The van der Waals surface area contributed by atoms with Crippen LogP contribution in [0.3, 0.4) is 0 Å². The predicted molar refractivity (Wildman–Crippen MR) is 81.4 cm³/mol. The number of carbonyl (C=O) groups is 1. The number of aromatic nitrogens is 1. The molecular formula is C14H15N3O3S. The summed E-state index contributed by atoms with van der Waals surface area (Å²) in [5.74, 6) is 1.07. The molecule has 6 nitrogen and oxygen atoms in total. The lowest BCUT2D eigenvalue weighted by atomic mass is 10.2. The van der Waals surface area contributed by atoms with Gasteiger partial charge in [-0.05, 0) is 26.0 Å². The van der Waals surface area contributed by atoms with Crippen LogP contribution in [0.4, 0.5) is 10.8 Å². The number of anilines is 2. The molecule has 0 unspecified atom stereocenters. The highest BCUT2D eigenvalue weighted by Gasteiger charge is 2.16. The van der Waals surface area contributed by atoms with E-state index in [1.807, 2.05) is 13.8 Å². The van der Waals surface area contributed by atoms with Gasteiger partial charge in [-0.1, -0.05) is 0 Å². The summed E-state index contributed by atoms with van der Waals surface area (Å²) in [4.78, 5) is 16.4. The molecule has 1 aromatic heterocycles. The molecule has 2 N–H and O–H groups in total. The van der Waals surface area contributed by atoms with Gasteiger partial charge in [-0.15, -0.1) is 11.3 Å². The van der Waals surface area contributed by atoms with Gasteiger partial charge in [0.15, 0.2) is 16.6 Å². The van der Waals surface area contributed by atoms with E-state index in [1.165, 1.54) is 11.3 Å². The number of hydrogen-bond acceptors (Lipinski definition) is 6. The minimum Gasteiger partial charge on any atom is -0.454 e. The number of nitrogens with one attached hydrogen (secondary N) is 2. The third-order valence-electron chi connectivity index (χ3n) is 2.78. The van der Waals surface area contributed by atoms with Crippen molar-refractivity contribution < 1.29 is 14.3 Å². The van der Waals surface area contributed by atoms with Crippen LogP contribution < -0.4 is 20.1 Å². The highest BCUT2D eigenvalue weighted by molar-refractivity contribution is 7.13. The molecule has 1 amide bonds. The third-order valence-corrected chi connectivity index (χ3v) is 3.55. The third kappa shape index (κ3) is 3.08. The van der Waals surface area contributed by atoms with Gasteiger partial charge in [-0.2, -0.15) is 0 Å². The molecule has 110 valence electrons. The van der Waals surface area contributed by atoms with Crippen molar-refractivity contribution in [1.82, 2.24) is 4.98 Å². The molecule has 1 aliphatic heterocycles. The molecule has 21 heavy (non-hydrogen) atoms. The maximum absolute atomic E-state index is 12.1. The van der Waals surface area contributed by atoms with Crippen LogP contribution in [0.5, 0.6) is 11.5 Å². The number of thiazole rings is 1. The SMILES string of the molecule is CC(C)Nc1nc(C(=O)Nc2ccc3c(c2)OCO3)cs1. The smallest absolute Gasteiger partial charge is 0.275 e. The molecule has 1 aromatic carbocycles. The van der Waals surface area contributed by atoms with Gasteiger partial charge in [-0.25, -0.2) is 4.98 Å². The van der Waals surface area contributed by atoms with Crippen LogP contribution in [-0.2, 0) is 0 Å². The Balaban J connectivity index is 1.70. The molecule has 0 bridgehead atoms. The molecule has 0 fully saturated rings. The van der Waals surface area contributed by atoms with E-state index >= 15 is 0 Å². The van der Waals surface area contributed by atoms with Gasteiger partial charge in [0.05, 0.1) is 0 Å². The zero-order valence-electron chi connectivity index (χ0n) is 11.7. The minimum absolute atomic E-state index is 0.211. The van der Waals surface area contributed by atoms with Crippen molar-refractivity contribution in [3.63, 3.8) is 0 Å². The summed E-state index contributed by atoms with van der Waals surface area (Å²) in [6, 6.07) is 5.55. The van der Waals surface area contributed by atoms with Gasteiger partial charge < -0.3 is 20.1 Å². The number of ether oxygens (including phenoxy) is 2. The zero-order valence-corrected chi connectivity index (χ0v) is 12.5. The summed E-state index contributed by atoms with van der Waals surface area (Å²) in [6.45, 7) is 4.25. The molecule has 0 aliphatic carbocycles. The summed E-state index contributed by atoms with van der Waals surface area (Å²) >= 11 is 1.41. The lowest BCUT2D eigenvalue weighted by Crippen LogP contribution is -2.13. The molecule has 0 atom stereocenters. The average Bonchev–Trinajstić information content (AvgIpc) is 3.06. The molecule has 7 heteroatoms. The van der Waals surface area contributed by atoms with Crippen LogP contribution >= 0.6 is 11.3 Å². The summed E-state index contributed by atoms with van der Waals surface area (Å²) in [5.41, 5.74) is 1.04. The topological polar surface area (TPSA) is 72.5 Å². The van der Waals surface area contributed by atoms with E-state index in [1.54, 1.807) is 23.6 Å². The Morgan fingerprint density at radius 3 is 2.95 bits per heavy atom. The largest absolute Gasteiger partial charge is 0.454 e. The molecule has 0 saturated heterocycles. The Kier molecular flexibility index (Phi) is 3.66. The number of rotatable bonds is 4. The van der Waals surface area contributed by atoms with E-state index in [2.05, 4.69) is 15.6 Å². The minimum atomic E-state index is -0.248. The molecule has 1 aliphatic rings. The van der Waals surface area contributed by atoms with Crippen LogP contribution in [0.15, 0.2) is 23.6 Å². The van der Waals surface area contributed by atoms with Gasteiger partial charge in [-0.3, -0.25) is 4.79 Å². The normalized spacial score (nSPS) is 12.5. The van der Waals surface area contributed by atoms with Crippen molar-refractivity contribution in [2.45, 2.75) is 19.9 Å². The lowest BCUT2D eigenvalue weighted by Gasteiger charge is -2.05. The van der Waals surface area contributed by atoms with Gasteiger partial charge in [0.1, 0.15) is 5.69 Å². The second-order valence-electron chi connectivity index (χ2n) is 4.86. The number of carbonyl (C=O) groups excluding carboxylic acids is 1. The molecule has 0 saturated carbocycles. The molecule has 2 aromatic rings. The predicted octanol–water partition coefficient (Wildman–Crippen LogP) is 2.94. The number of nitrogens with zero attached hydrogens (tertiary/aromatic N) is 1. The first-order valence-electron chi connectivity index (χ1n) is 6.55. The summed E-state index contributed by atoms with van der Waals surface area (Å²) < 4.78 is 10.5. The van der Waals surface area contributed by atoms with Crippen molar-refractivity contribution in [2.24, 2.45) is 0 Å². The molecule has 0 spiro atoms. The highest BCUT2D eigenvalue weighted by Crippen LogP contribution is 2.34. The van der Waals surface area contributed by atoms with Crippen molar-refractivity contribution in [3.05, 3.63) is 29.3 Å². The number of benzene rings is 1. The van der Waals surface area contributed by atoms with E-state index < -0.39 is 0 Å². The first-order chi connectivity index (χ1) is 10.1. The van der Waals surface area contributed by atoms with E-state index in [9.17, 15) is 4.79 Å². The van der Waals surface area contributed by atoms with Crippen molar-refractivity contribution in [3.8, 4) is 11.5 Å². The average molecular weight is 305 g/mol. The zero-order chi connectivity index (χ0) is 14.8. The van der Waals surface area contributed by atoms with Crippen LogP contribution in [0.2, 0.25) is 0 Å². The quantitative estimate of drug-likeness (QED) is 0.908. The molecule has 0 radical (unpaired) electrons. The lowest BCUT2D eigenvalue weighted by molar-refractivity contribution is 0.102. The maximum atomic E-state index is 12.1. The molecule has 3 rings (SSSR count). The van der Waals surface area contributed by atoms with Gasteiger partial charge in [0.2, 0.25) is 6.79 Å². The fourth-order valence-corrected chi connectivity index (χ4v) is 2.70. The van der Waals surface area contributed by atoms with Gasteiger partial charge in [0.25, 0.3) is 5.91 Å². The Morgan fingerprint density at radius 2 is 2.14 bits per heavy atom. The Bertz CT molecular complexity index is 669. The number of amides is 1. The highest BCUT2D eigenvalue weighted by atomic mass is 32.1. The van der Waals surface area contributed by atoms with E-state index in [0.717, 1.165) is 5.13 Å². The Morgan fingerprint density at radius 1 is 1.33 bits per heavy atom. The second-order valence-corrected chi connectivity index (χ2v) is 5.72. The number of hydrogen-bond donors (Lipinski definition) is 2. The van der Waals surface area contributed by atoms with E-state index in [-0.39, 0.29) is 18.7 Å². The Hall–Kier alpha value is -2.28. The Labute approximate surface area is 126 Å². The van der Waals surface area contributed by atoms with Crippen molar-refractivity contribution in [2.75, 3.05) is 17.4 Å². The second kappa shape index (κ2) is 5.61. The number of fused-ring (bicyclic) bond motifs is 1. The maximum Gasteiger partial charge on any atom is 0.275 e. The molecular weight excluding hydrogens is 290 g/mol. The van der Waals surface area contributed by atoms with Crippen LogP contribution in [0, 0.1) is 0 Å². The summed E-state index contributed by atoms with van der Waals surface area (Å²) in [6.07, 6.45) is 0. The fraction of sp³-hybridized carbons (Fsp3) is 0.286. The molecule has 2 heterocycles. The standard InChI is InChI=1S/C14H15N3O3S/c1-8(2)15-14-17-10(6-21-14)13(18)16-9-3-4-11-12(5-9)20-7-19-11/h3-6,8H,7H2,1-2H3,(H,15,17)(H,16,18). The van der Waals surface area contributed by atoms with E-state index in [0.29, 0.717) is 22.9 Å². The van der Waals surface area contributed by atoms with Crippen LogP contribution in [-0.4, -0.2) is 23.7 Å². The van der Waals surface area contributed by atoms with Gasteiger partial charge in [0, 0.05) is 23.2 Å². The van der Waals surface area contributed by atoms with Crippen LogP contribution in [0.1, 0.15) is 24.3 Å². The van der Waals surface area contributed by atoms with E-state index in [4.69, 9.17) is 9.47 Å². The van der Waals surface area contributed by atoms with Crippen molar-refractivity contribution in [1.29, 1.82) is 0 Å². The van der Waals surface area contributed by atoms with Crippen molar-refractivity contribution >= 4 is 28.1 Å². The fourth-order valence-electron chi connectivity index (χ4n) is 1.86. The first kappa shape index (κ1) is 13.7. The van der Waals surface area contributed by atoms with Gasteiger partial charge >= 0.3 is 0 Å². The van der Waals surface area contributed by atoms with Crippen LogP contribution in [0.25, 0.3) is 0 Å². The summed E-state index contributed by atoms with van der Waals surface area (Å²) in [5, 5.41) is 8.43. The first-order valence-corrected chi connectivity index (χ1v) is 7.43. The monoisotopic (exact) mass is 305 g/mol.